The molecule has 0 radical (unpaired) electrons. The maximum absolute atomic E-state index is 11.8. The Balaban J connectivity index is 2.07. The highest BCUT2D eigenvalue weighted by Crippen LogP contribution is 2.30. The number of amides is 1. The highest BCUT2D eigenvalue weighted by atomic mass is 79.9. The molecule has 0 aliphatic heterocycles. The van der Waals surface area contributed by atoms with E-state index >= 15 is 0 Å². The third kappa shape index (κ3) is 4.05. The molecular formula is C14H10Br2N2O3. The van der Waals surface area contributed by atoms with E-state index in [0.717, 1.165) is 4.47 Å². The Morgan fingerprint density at radius 1 is 1.10 bits per heavy atom. The molecule has 0 saturated carbocycles. The van der Waals surface area contributed by atoms with Gasteiger partial charge in [0.2, 0.25) is 0 Å². The molecule has 0 saturated heterocycles. The lowest BCUT2D eigenvalue weighted by Crippen LogP contribution is -2.17. The van der Waals surface area contributed by atoms with Gasteiger partial charge in [-0.2, -0.15) is 5.10 Å². The predicted octanol–water partition coefficient (Wildman–Crippen LogP) is 3.39. The van der Waals surface area contributed by atoms with E-state index in [-0.39, 0.29) is 17.4 Å². The van der Waals surface area contributed by atoms with Crippen molar-refractivity contribution in [3.8, 4) is 11.5 Å². The molecule has 0 aromatic heterocycles. The lowest BCUT2D eigenvalue weighted by molar-refractivity contribution is 0.0955. The topological polar surface area (TPSA) is 81.9 Å². The zero-order valence-corrected chi connectivity index (χ0v) is 13.7. The van der Waals surface area contributed by atoms with E-state index in [4.69, 9.17) is 0 Å². The highest BCUT2D eigenvalue weighted by molar-refractivity contribution is 9.10. The van der Waals surface area contributed by atoms with Gasteiger partial charge in [-0.1, -0.05) is 15.9 Å². The normalized spacial score (nSPS) is 10.8. The van der Waals surface area contributed by atoms with Gasteiger partial charge in [-0.3, -0.25) is 4.79 Å². The van der Waals surface area contributed by atoms with Crippen LogP contribution in [0, 0.1) is 0 Å². The number of carbonyl (C=O) groups is 1. The second kappa shape index (κ2) is 6.73. The molecule has 2 aromatic rings. The summed E-state index contributed by atoms with van der Waals surface area (Å²) >= 11 is 6.41. The van der Waals surface area contributed by atoms with Gasteiger partial charge in [0, 0.05) is 21.7 Å². The fourth-order valence-corrected chi connectivity index (χ4v) is 2.12. The van der Waals surface area contributed by atoms with E-state index in [1.807, 2.05) is 0 Å². The first-order valence-electron chi connectivity index (χ1n) is 5.78. The minimum absolute atomic E-state index is 0.0800. The molecule has 0 fully saturated rings. The first-order chi connectivity index (χ1) is 9.97. The third-order valence-corrected chi connectivity index (χ3v) is 3.74. The van der Waals surface area contributed by atoms with Crippen LogP contribution in [0.1, 0.15) is 15.9 Å². The van der Waals surface area contributed by atoms with Gasteiger partial charge < -0.3 is 10.2 Å². The van der Waals surface area contributed by atoms with Crippen LogP contribution in [0.5, 0.6) is 11.5 Å². The van der Waals surface area contributed by atoms with E-state index in [0.29, 0.717) is 15.6 Å². The molecule has 0 aliphatic carbocycles. The smallest absolute Gasteiger partial charge is 0.271 e. The average molecular weight is 414 g/mol. The number of benzene rings is 2. The number of hydrogen-bond donors (Lipinski definition) is 3. The van der Waals surface area contributed by atoms with Gasteiger partial charge in [0.15, 0.2) is 0 Å². The van der Waals surface area contributed by atoms with Crippen molar-refractivity contribution in [2.75, 3.05) is 0 Å². The molecule has 3 N–H and O–H groups in total. The molecule has 0 spiro atoms. The van der Waals surface area contributed by atoms with E-state index < -0.39 is 0 Å². The van der Waals surface area contributed by atoms with Crippen molar-refractivity contribution in [3.63, 3.8) is 0 Å². The SMILES string of the molecule is O=C(N/N=C\c1cc(Br)c(O)cc1O)c1ccc(Br)cc1. The number of carbonyl (C=O) groups excluding carboxylic acids is 1. The van der Waals surface area contributed by atoms with Crippen LogP contribution in [0.3, 0.4) is 0 Å². The number of hydrazone groups is 1. The minimum atomic E-state index is -0.365. The second-order valence-corrected chi connectivity index (χ2v) is 5.84. The fraction of sp³-hybridized carbons (Fsp3) is 0. The summed E-state index contributed by atoms with van der Waals surface area (Å²) in [6.07, 6.45) is 1.29. The van der Waals surface area contributed by atoms with Crippen LogP contribution in [-0.4, -0.2) is 22.3 Å². The monoisotopic (exact) mass is 412 g/mol. The highest BCUT2D eigenvalue weighted by Gasteiger charge is 2.06. The number of phenolic OH excluding ortho intramolecular Hbond substituents is 2. The van der Waals surface area contributed by atoms with E-state index in [2.05, 4.69) is 42.4 Å². The summed E-state index contributed by atoms with van der Waals surface area (Å²) in [7, 11) is 0. The van der Waals surface area contributed by atoms with E-state index in [1.54, 1.807) is 24.3 Å². The fourth-order valence-electron chi connectivity index (χ4n) is 1.50. The molecule has 108 valence electrons. The number of phenols is 2. The second-order valence-electron chi connectivity index (χ2n) is 4.07. The minimum Gasteiger partial charge on any atom is -0.507 e. The van der Waals surface area contributed by atoms with Crippen LogP contribution < -0.4 is 5.43 Å². The lowest BCUT2D eigenvalue weighted by Gasteiger charge is -2.03. The quantitative estimate of drug-likeness (QED) is 0.532. The number of nitrogens with zero attached hydrogens (tertiary/aromatic N) is 1. The zero-order valence-electron chi connectivity index (χ0n) is 10.5. The Hall–Kier alpha value is -1.86. The van der Waals surface area contributed by atoms with Gasteiger partial charge in [-0.15, -0.1) is 0 Å². The summed E-state index contributed by atoms with van der Waals surface area (Å²) in [4.78, 5) is 11.8. The summed E-state index contributed by atoms with van der Waals surface area (Å²) in [5, 5.41) is 22.8. The largest absolute Gasteiger partial charge is 0.507 e. The van der Waals surface area contributed by atoms with E-state index in [9.17, 15) is 15.0 Å². The van der Waals surface area contributed by atoms with Crippen molar-refractivity contribution in [1.29, 1.82) is 0 Å². The van der Waals surface area contributed by atoms with Gasteiger partial charge in [-0.05, 0) is 46.3 Å². The summed E-state index contributed by atoms with van der Waals surface area (Å²) < 4.78 is 1.29. The molecule has 0 aliphatic rings. The van der Waals surface area contributed by atoms with Crippen LogP contribution in [0.15, 0.2) is 50.4 Å². The molecule has 21 heavy (non-hydrogen) atoms. The molecule has 0 heterocycles. The Morgan fingerprint density at radius 3 is 2.43 bits per heavy atom. The summed E-state index contributed by atoms with van der Waals surface area (Å²) in [6, 6.07) is 9.48. The lowest BCUT2D eigenvalue weighted by atomic mass is 10.2. The van der Waals surface area contributed by atoms with E-state index in [1.165, 1.54) is 18.3 Å². The number of nitrogens with one attached hydrogen (secondary N) is 1. The van der Waals surface area contributed by atoms with Crippen molar-refractivity contribution in [1.82, 2.24) is 5.43 Å². The number of hydrogen-bond acceptors (Lipinski definition) is 4. The molecular weight excluding hydrogens is 404 g/mol. The van der Waals surface area contributed by atoms with Crippen molar-refractivity contribution in [3.05, 3.63) is 56.5 Å². The van der Waals surface area contributed by atoms with Crippen LogP contribution in [0.2, 0.25) is 0 Å². The van der Waals surface area contributed by atoms with Crippen molar-refractivity contribution in [2.24, 2.45) is 5.10 Å². The third-order valence-electron chi connectivity index (χ3n) is 2.57. The number of rotatable bonds is 3. The van der Waals surface area contributed by atoms with Crippen LogP contribution >= 0.6 is 31.9 Å². The maximum atomic E-state index is 11.8. The summed E-state index contributed by atoms with van der Waals surface area (Å²) in [6.45, 7) is 0. The van der Waals surface area contributed by atoms with Gasteiger partial charge in [0.05, 0.1) is 10.7 Å². The first-order valence-corrected chi connectivity index (χ1v) is 7.36. The van der Waals surface area contributed by atoms with Crippen molar-refractivity contribution in [2.45, 2.75) is 0 Å². The standard InChI is InChI=1S/C14H10Br2N2O3/c15-10-3-1-8(2-4-10)14(21)18-17-7-9-5-11(16)13(20)6-12(9)19/h1-7,19-20H,(H,18,21)/b17-7-. The average Bonchev–Trinajstić information content (AvgIpc) is 2.45. The number of halogens is 2. The Bertz CT molecular complexity index is 700. The Labute approximate surface area is 137 Å². The molecule has 7 heteroatoms. The molecule has 2 rings (SSSR count). The van der Waals surface area contributed by atoms with Crippen LogP contribution in [0.4, 0.5) is 0 Å². The predicted molar refractivity (Wildman–Crippen MR) is 86.7 cm³/mol. The molecule has 0 unspecified atom stereocenters. The summed E-state index contributed by atoms with van der Waals surface area (Å²) in [5.41, 5.74) is 3.18. The Kier molecular flexibility index (Phi) is 4.98. The van der Waals surface area contributed by atoms with Crippen molar-refractivity contribution >= 4 is 44.0 Å². The van der Waals surface area contributed by atoms with Crippen LogP contribution in [0.25, 0.3) is 0 Å². The summed E-state index contributed by atoms with van der Waals surface area (Å²) in [5.74, 6) is -0.586. The Morgan fingerprint density at radius 2 is 1.76 bits per heavy atom. The number of aromatic hydroxyl groups is 2. The first kappa shape index (κ1) is 15.5. The van der Waals surface area contributed by atoms with Gasteiger partial charge in [0.25, 0.3) is 5.91 Å². The zero-order chi connectivity index (χ0) is 15.4. The van der Waals surface area contributed by atoms with Gasteiger partial charge in [0.1, 0.15) is 11.5 Å². The van der Waals surface area contributed by atoms with Crippen molar-refractivity contribution < 1.29 is 15.0 Å². The van der Waals surface area contributed by atoms with Crippen LogP contribution in [-0.2, 0) is 0 Å². The molecule has 2 aromatic carbocycles. The maximum Gasteiger partial charge on any atom is 0.271 e. The van der Waals surface area contributed by atoms with Gasteiger partial charge in [-0.25, -0.2) is 5.43 Å². The molecule has 0 atom stereocenters. The van der Waals surface area contributed by atoms with Gasteiger partial charge >= 0.3 is 0 Å². The molecule has 0 bridgehead atoms. The molecule has 1 amide bonds. The molecule has 5 nitrogen and oxygen atoms in total.